The third kappa shape index (κ3) is 1.13. The van der Waals surface area contributed by atoms with Gasteiger partial charge in [-0.2, -0.15) is 0 Å². The molecule has 4 heteroatoms. The molecule has 0 amide bonds. The largest absolute Gasteiger partial charge is 0.302 e. The number of fused-ring (bicyclic) bond motifs is 1. The molecule has 0 aliphatic rings. The van der Waals surface area contributed by atoms with E-state index in [1.54, 1.807) is 0 Å². The summed E-state index contributed by atoms with van der Waals surface area (Å²) in [7, 11) is 0. The number of halogens is 2. The van der Waals surface area contributed by atoms with Crippen LogP contribution in [0.2, 0.25) is 0 Å². The molecule has 0 saturated heterocycles. The Hall–Kier alpha value is -0.540. The van der Waals surface area contributed by atoms with E-state index in [0.29, 0.717) is 5.88 Å². The number of alkyl halides is 1. The smallest absolute Gasteiger partial charge is 0.132 e. The standard InChI is InChI=1S/C8H6BrClN2/c9-8-6-3-1-2-4-12(6)7(5-10)11-8/h1-4H,5H2. The second-order valence-corrected chi connectivity index (χ2v) is 3.43. The molecule has 0 bridgehead atoms. The minimum Gasteiger partial charge on any atom is -0.302 e. The molecule has 0 unspecified atom stereocenters. The average molecular weight is 246 g/mol. The summed E-state index contributed by atoms with van der Waals surface area (Å²) >= 11 is 9.08. The van der Waals surface area contributed by atoms with E-state index in [1.807, 2.05) is 28.8 Å². The van der Waals surface area contributed by atoms with Crippen LogP contribution in [0.4, 0.5) is 0 Å². The summed E-state index contributed by atoms with van der Waals surface area (Å²) in [5.41, 5.74) is 1.05. The Labute approximate surface area is 83.3 Å². The van der Waals surface area contributed by atoms with Crippen LogP contribution < -0.4 is 0 Å². The lowest BCUT2D eigenvalue weighted by molar-refractivity contribution is 1.02. The van der Waals surface area contributed by atoms with E-state index in [1.165, 1.54) is 0 Å². The number of hydrogen-bond donors (Lipinski definition) is 0. The van der Waals surface area contributed by atoms with E-state index >= 15 is 0 Å². The summed E-state index contributed by atoms with van der Waals surface area (Å²) in [6.45, 7) is 0. The lowest BCUT2D eigenvalue weighted by Crippen LogP contribution is -1.88. The molecule has 0 spiro atoms. The average Bonchev–Trinajstić information content (AvgIpc) is 2.44. The molecule has 0 saturated carbocycles. The lowest BCUT2D eigenvalue weighted by atomic mass is 10.4. The van der Waals surface area contributed by atoms with Crippen LogP contribution in [0.3, 0.4) is 0 Å². The fourth-order valence-electron chi connectivity index (χ4n) is 1.16. The molecule has 0 radical (unpaired) electrons. The van der Waals surface area contributed by atoms with Crippen LogP contribution in [0.15, 0.2) is 29.0 Å². The van der Waals surface area contributed by atoms with E-state index in [0.717, 1.165) is 15.9 Å². The van der Waals surface area contributed by atoms with Crippen molar-refractivity contribution in [2.24, 2.45) is 0 Å². The van der Waals surface area contributed by atoms with Crippen LogP contribution >= 0.6 is 27.5 Å². The second kappa shape index (κ2) is 3.07. The van der Waals surface area contributed by atoms with Gasteiger partial charge >= 0.3 is 0 Å². The third-order valence-corrected chi connectivity index (χ3v) is 2.52. The predicted octanol–water partition coefficient (Wildman–Crippen LogP) is 2.84. The molecule has 2 aromatic heterocycles. The van der Waals surface area contributed by atoms with E-state index in [-0.39, 0.29) is 0 Å². The number of rotatable bonds is 1. The summed E-state index contributed by atoms with van der Waals surface area (Å²) < 4.78 is 2.82. The van der Waals surface area contributed by atoms with Gasteiger partial charge in [-0.1, -0.05) is 6.07 Å². The molecule has 0 aliphatic carbocycles. The molecule has 0 fully saturated rings. The molecular weight excluding hydrogens is 239 g/mol. The maximum absolute atomic E-state index is 5.72. The molecule has 62 valence electrons. The molecular formula is C8H6BrClN2. The van der Waals surface area contributed by atoms with Crippen molar-refractivity contribution in [2.45, 2.75) is 5.88 Å². The van der Waals surface area contributed by atoms with Gasteiger partial charge in [0, 0.05) is 6.20 Å². The molecule has 2 aromatic rings. The molecule has 0 atom stereocenters. The normalized spacial score (nSPS) is 10.8. The SMILES string of the molecule is ClCc1nc(Br)c2ccccn12. The zero-order chi connectivity index (χ0) is 8.55. The van der Waals surface area contributed by atoms with Crippen LogP contribution in [0.25, 0.3) is 5.52 Å². The minimum absolute atomic E-state index is 0.427. The van der Waals surface area contributed by atoms with Gasteiger partial charge in [-0.05, 0) is 28.1 Å². The van der Waals surface area contributed by atoms with Crippen molar-refractivity contribution in [3.8, 4) is 0 Å². The van der Waals surface area contributed by atoms with Gasteiger partial charge in [-0.25, -0.2) is 4.98 Å². The van der Waals surface area contributed by atoms with Gasteiger partial charge in [0.15, 0.2) is 0 Å². The maximum atomic E-state index is 5.72. The van der Waals surface area contributed by atoms with Gasteiger partial charge in [0.2, 0.25) is 0 Å². The van der Waals surface area contributed by atoms with Gasteiger partial charge < -0.3 is 4.40 Å². The van der Waals surface area contributed by atoms with Crippen LogP contribution in [0.5, 0.6) is 0 Å². The first-order valence-corrected chi connectivity index (χ1v) is 4.83. The first-order valence-electron chi connectivity index (χ1n) is 3.50. The highest BCUT2D eigenvalue weighted by atomic mass is 79.9. The monoisotopic (exact) mass is 244 g/mol. The Balaban J connectivity index is 2.82. The van der Waals surface area contributed by atoms with Crippen molar-refractivity contribution in [3.05, 3.63) is 34.8 Å². The topological polar surface area (TPSA) is 17.3 Å². The Morgan fingerprint density at radius 1 is 1.50 bits per heavy atom. The quantitative estimate of drug-likeness (QED) is 0.706. The number of hydrogen-bond acceptors (Lipinski definition) is 1. The summed E-state index contributed by atoms with van der Waals surface area (Å²) in [5.74, 6) is 1.29. The molecule has 2 nitrogen and oxygen atoms in total. The van der Waals surface area contributed by atoms with Gasteiger partial charge in [-0.15, -0.1) is 11.6 Å². The first-order chi connectivity index (χ1) is 5.83. The minimum atomic E-state index is 0.427. The number of nitrogens with zero attached hydrogens (tertiary/aromatic N) is 2. The van der Waals surface area contributed by atoms with Gasteiger partial charge in [0.05, 0.1) is 11.4 Å². The maximum Gasteiger partial charge on any atom is 0.132 e. The third-order valence-electron chi connectivity index (χ3n) is 1.70. The van der Waals surface area contributed by atoms with E-state index < -0.39 is 0 Å². The Bertz CT molecular complexity index is 410. The van der Waals surface area contributed by atoms with E-state index in [9.17, 15) is 0 Å². The van der Waals surface area contributed by atoms with Crippen LogP contribution in [0, 0.1) is 0 Å². The zero-order valence-electron chi connectivity index (χ0n) is 6.17. The Kier molecular flexibility index (Phi) is 2.07. The molecule has 0 N–H and O–H groups in total. The summed E-state index contributed by atoms with van der Waals surface area (Å²) in [6, 6.07) is 5.92. The van der Waals surface area contributed by atoms with Gasteiger partial charge in [0.1, 0.15) is 10.4 Å². The van der Waals surface area contributed by atoms with Crippen molar-refractivity contribution in [1.82, 2.24) is 9.38 Å². The summed E-state index contributed by atoms with van der Waals surface area (Å²) in [6.07, 6.45) is 1.95. The van der Waals surface area contributed by atoms with Crippen molar-refractivity contribution in [2.75, 3.05) is 0 Å². The fraction of sp³-hybridized carbons (Fsp3) is 0.125. The van der Waals surface area contributed by atoms with Gasteiger partial charge in [-0.3, -0.25) is 0 Å². The van der Waals surface area contributed by atoms with Crippen LogP contribution in [-0.4, -0.2) is 9.38 Å². The fourth-order valence-corrected chi connectivity index (χ4v) is 1.87. The van der Waals surface area contributed by atoms with E-state index in [2.05, 4.69) is 20.9 Å². The Morgan fingerprint density at radius 2 is 2.33 bits per heavy atom. The summed E-state index contributed by atoms with van der Waals surface area (Å²) in [5, 5.41) is 0. The van der Waals surface area contributed by atoms with Crippen molar-refractivity contribution >= 4 is 33.0 Å². The number of pyridine rings is 1. The number of aromatic nitrogens is 2. The van der Waals surface area contributed by atoms with Crippen LogP contribution in [-0.2, 0) is 5.88 Å². The highest BCUT2D eigenvalue weighted by Crippen LogP contribution is 2.19. The predicted molar refractivity (Wildman–Crippen MR) is 52.4 cm³/mol. The molecule has 0 aromatic carbocycles. The van der Waals surface area contributed by atoms with Crippen molar-refractivity contribution in [3.63, 3.8) is 0 Å². The first kappa shape index (κ1) is 8.08. The van der Waals surface area contributed by atoms with Gasteiger partial charge in [0.25, 0.3) is 0 Å². The second-order valence-electron chi connectivity index (χ2n) is 2.41. The highest BCUT2D eigenvalue weighted by molar-refractivity contribution is 9.10. The Morgan fingerprint density at radius 3 is 3.08 bits per heavy atom. The van der Waals surface area contributed by atoms with Crippen molar-refractivity contribution < 1.29 is 0 Å². The zero-order valence-corrected chi connectivity index (χ0v) is 8.51. The summed E-state index contributed by atoms with van der Waals surface area (Å²) in [4.78, 5) is 4.26. The highest BCUT2D eigenvalue weighted by Gasteiger charge is 2.05. The lowest BCUT2D eigenvalue weighted by Gasteiger charge is -1.94. The number of imidazole rings is 1. The molecule has 12 heavy (non-hydrogen) atoms. The molecule has 2 rings (SSSR count). The van der Waals surface area contributed by atoms with Crippen LogP contribution in [0.1, 0.15) is 5.82 Å². The molecule has 0 aliphatic heterocycles. The van der Waals surface area contributed by atoms with E-state index in [4.69, 9.17) is 11.6 Å². The van der Waals surface area contributed by atoms with Crippen molar-refractivity contribution in [1.29, 1.82) is 0 Å². The molecule has 2 heterocycles.